The maximum Gasteiger partial charge on any atom is -0.0379 e. The summed E-state index contributed by atoms with van der Waals surface area (Å²) in [7, 11) is 0. The normalized spacial score (nSPS) is 9.50. The monoisotopic (exact) mass is 138 g/mol. The van der Waals surface area contributed by atoms with Crippen LogP contribution in [0.1, 0.15) is 27.2 Å². The van der Waals surface area contributed by atoms with Crippen LogP contribution < -0.4 is 0 Å². The lowest BCUT2D eigenvalue weighted by molar-refractivity contribution is 1.22. The highest BCUT2D eigenvalue weighted by Gasteiger charge is 1.52. The number of allylic oxidation sites excluding steroid dienone is 5. The van der Waals surface area contributed by atoms with E-state index in [0.717, 1.165) is 6.42 Å². The molecular formula is C10H18. The molecule has 0 bridgehead atoms. The Morgan fingerprint density at radius 1 is 1.20 bits per heavy atom. The Balaban J connectivity index is 0. The first-order valence-electron chi connectivity index (χ1n) is 3.68. The second-order valence-electron chi connectivity index (χ2n) is 1.74. The zero-order chi connectivity index (χ0) is 8.24. The van der Waals surface area contributed by atoms with E-state index < -0.39 is 0 Å². The number of rotatable bonds is 2. The van der Waals surface area contributed by atoms with Gasteiger partial charge < -0.3 is 0 Å². The van der Waals surface area contributed by atoms with Crippen LogP contribution >= 0.6 is 0 Å². The summed E-state index contributed by atoms with van der Waals surface area (Å²) < 4.78 is 0. The average Bonchev–Trinajstić information content (AvgIpc) is 1.93. The van der Waals surface area contributed by atoms with E-state index in [0.29, 0.717) is 0 Å². The minimum absolute atomic E-state index is 1.16. The van der Waals surface area contributed by atoms with Crippen molar-refractivity contribution in [1.29, 1.82) is 0 Å². The molecule has 0 rings (SSSR count). The van der Waals surface area contributed by atoms with Crippen LogP contribution in [-0.2, 0) is 0 Å². The van der Waals surface area contributed by atoms with Gasteiger partial charge in [0.2, 0.25) is 0 Å². The van der Waals surface area contributed by atoms with E-state index >= 15 is 0 Å². The molecule has 0 atom stereocenters. The largest absolute Gasteiger partial charge is 0.0991 e. The zero-order valence-electron chi connectivity index (χ0n) is 7.30. The Bertz CT molecular complexity index is 96.6. The molecule has 0 aromatic carbocycles. The van der Waals surface area contributed by atoms with Crippen molar-refractivity contribution < 1.29 is 0 Å². The summed E-state index contributed by atoms with van der Waals surface area (Å²) in [5.41, 5.74) is 0. The summed E-state index contributed by atoms with van der Waals surface area (Å²) >= 11 is 0. The SMILES string of the molecule is C=CC=CC.CC=CCC. The summed E-state index contributed by atoms with van der Waals surface area (Å²) in [6, 6.07) is 0. The molecule has 58 valence electrons. The smallest absolute Gasteiger partial charge is 0.0379 e. The maximum absolute atomic E-state index is 3.46. The second kappa shape index (κ2) is 15.7. The van der Waals surface area contributed by atoms with E-state index in [1.807, 2.05) is 26.0 Å². The molecule has 0 amide bonds. The molecule has 0 nitrogen and oxygen atoms in total. The van der Waals surface area contributed by atoms with Crippen LogP contribution in [0.4, 0.5) is 0 Å². The fourth-order valence-corrected chi connectivity index (χ4v) is 0.372. The van der Waals surface area contributed by atoms with Crippen molar-refractivity contribution in [3.05, 3.63) is 37.0 Å². The van der Waals surface area contributed by atoms with Crippen LogP contribution in [0, 0.1) is 0 Å². The lowest BCUT2D eigenvalue weighted by atomic mass is 10.4. The van der Waals surface area contributed by atoms with Crippen molar-refractivity contribution in [3.8, 4) is 0 Å². The van der Waals surface area contributed by atoms with Crippen LogP contribution in [0.15, 0.2) is 37.0 Å². The Morgan fingerprint density at radius 2 is 1.80 bits per heavy atom. The van der Waals surface area contributed by atoms with Crippen molar-refractivity contribution in [2.24, 2.45) is 0 Å². The predicted octanol–water partition coefficient (Wildman–Crippen LogP) is 3.72. The first-order valence-corrected chi connectivity index (χ1v) is 3.68. The van der Waals surface area contributed by atoms with E-state index in [-0.39, 0.29) is 0 Å². The molecule has 0 radical (unpaired) electrons. The van der Waals surface area contributed by atoms with E-state index in [4.69, 9.17) is 0 Å². The highest BCUT2D eigenvalue weighted by Crippen LogP contribution is 1.73. The molecule has 0 fully saturated rings. The van der Waals surface area contributed by atoms with Gasteiger partial charge >= 0.3 is 0 Å². The van der Waals surface area contributed by atoms with Gasteiger partial charge in [0.25, 0.3) is 0 Å². The minimum Gasteiger partial charge on any atom is -0.0991 e. The molecule has 10 heavy (non-hydrogen) atoms. The van der Waals surface area contributed by atoms with Gasteiger partial charge in [0.15, 0.2) is 0 Å². The third-order valence-corrected chi connectivity index (χ3v) is 0.800. The quantitative estimate of drug-likeness (QED) is 0.403. The molecule has 0 saturated carbocycles. The lowest BCUT2D eigenvalue weighted by Gasteiger charge is -1.65. The van der Waals surface area contributed by atoms with E-state index in [2.05, 4.69) is 25.7 Å². The fraction of sp³-hybridized carbons (Fsp3) is 0.400. The fourth-order valence-electron chi connectivity index (χ4n) is 0.372. The van der Waals surface area contributed by atoms with Crippen LogP contribution in [0.25, 0.3) is 0 Å². The molecule has 0 N–H and O–H groups in total. The molecule has 0 aliphatic rings. The Labute approximate surface area is 65.0 Å². The van der Waals surface area contributed by atoms with E-state index in [1.54, 1.807) is 6.08 Å². The van der Waals surface area contributed by atoms with Crippen LogP contribution in [-0.4, -0.2) is 0 Å². The van der Waals surface area contributed by atoms with Crippen molar-refractivity contribution in [1.82, 2.24) is 0 Å². The van der Waals surface area contributed by atoms with Crippen molar-refractivity contribution >= 4 is 0 Å². The number of hydrogen-bond acceptors (Lipinski definition) is 0. The molecule has 0 saturated heterocycles. The summed E-state index contributed by atoms with van der Waals surface area (Å²) in [6.07, 6.45) is 10.9. The third-order valence-electron chi connectivity index (χ3n) is 0.800. The molecule has 0 aliphatic heterocycles. The van der Waals surface area contributed by atoms with Crippen LogP contribution in [0.3, 0.4) is 0 Å². The van der Waals surface area contributed by atoms with Crippen LogP contribution in [0.5, 0.6) is 0 Å². The summed E-state index contributed by atoms with van der Waals surface area (Å²) in [6.45, 7) is 9.58. The van der Waals surface area contributed by atoms with E-state index in [9.17, 15) is 0 Å². The van der Waals surface area contributed by atoms with Gasteiger partial charge in [0.1, 0.15) is 0 Å². The van der Waals surface area contributed by atoms with Gasteiger partial charge in [-0.2, -0.15) is 0 Å². The van der Waals surface area contributed by atoms with Crippen LogP contribution in [0.2, 0.25) is 0 Å². The summed E-state index contributed by atoms with van der Waals surface area (Å²) in [4.78, 5) is 0. The van der Waals surface area contributed by atoms with Gasteiger partial charge in [0.05, 0.1) is 0 Å². The molecule has 0 aliphatic carbocycles. The molecule has 0 heterocycles. The topological polar surface area (TPSA) is 0 Å². The average molecular weight is 138 g/mol. The second-order valence-corrected chi connectivity index (χ2v) is 1.74. The highest BCUT2D eigenvalue weighted by molar-refractivity contribution is 4.94. The van der Waals surface area contributed by atoms with Crippen molar-refractivity contribution in [3.63, 3.8) is 0 Å². The third kappa shape index (κ3) is 26.9. The lowest BCUT2D eigenvalue weighted by Crippen LogP contribution is -1.43. The van der Waals surface area contributed by atoms with E-state index in [1.165, 1.54) is 0 Å². The predicted molar refractivity (Wildman–Crippen MR) is 50.1 cm³/mol. The molecule has 0 spiro atoms. The van der Waals surface area contributed by atoms with Gasteiger partial charge in [-0.15, -0.1) is 0 Å². The molecule has 0 aromatic rings. The Morgan fingerprint density at radius 3 is 1.80 bits per heavy atom. The van der Waals surface area contributed by atoms with Gasteiger partial charge in [-0.25, -0.2) is 0 Å². The minimum atomic E-state index is 1.16. The first-order chi connectivity index (χ1) is 4.83. The molecule has 0 heteroatoms. The molecular weight excluding hydrogens is 120 g/mol. The standard InChI is InChI=1S/C5H10.C5H8/c2*1-3-5-4-2/h3,5H,4H2,1-2H3;3-5H,1H2,2H3. The Hall–Kier alpha value is -0.780. The highest BCUT2D eigenvalue weighted by atomic mass is 13.6. The zero-order valence-corrected chi connectivity index (χ0v) is 7.30. The molecule has 0 unspecified atom stereocenters. The first kappa shape index (κ1) is 12.0. The number of hydrogen-bond donors (Lipinski definition) is 0. The van der Waals surface area contributed by atoms with Gasteiger partial charge in [0, 0.05) is 0 Å². The van der Waals surface area contributed by atoms with Gasteiger partial charge in [-0.3, -0.25) is 0 Å². The summed E-state index contributed by atoms with van der Waals surface area (Å²) in [5.74, 6) is 0. The van der Waals surface area contributed by atoms with Crippen molar-refractivity contribution in [2.75, 3.05) is 0 Å². The Kier molecular flexibility index (Phi) is 18.8. The summed E-state index contributed by atoms with van der Waals surface area (Å²) in [5, 5.41) is 0. The van der Waals surface area contributed by atoms with Gasteiger partial charge in [-0.05, 0) is 20.3 Å². The maximum atomic E-state index is 3.46. The molecule has 0 aromatic heterocycles. The van der Waals surface area contributed by atoms with Crippen molar-refractivity contribution in [2.45, 2.75) is 27.2 Å². The van der Waals surface area contributed by atoms with Gasteiger partial charge in [-0.1, -0.05) is 43.9 Å².